The molecule has 0 spiro atoms. The third-order valence-corrected chi connectivity index (χ3v) is 2.63. The molecule has 2 rings (SSSR count). The second-order valence-corrected chi connectivity index (χ2v) is 3.82. The molecule has 1 atom stereocenters. The number of allylic oxidation sites excluding steroid dienone is 1. The number of rotatable bonds is 2. The minimum absolute atomic E-state index is 0.0546. The van der Waals surface area contributed by atoms with Gasteiger partial charge in [-0.3, -0.25) is 4.79 Å². The zero-order valence-electron chi connectivity index (χ0n) is 8.65. The van der Waals surface area contributed by atoms with Crippen molar-refractivity contribution >= 4 is 11.6 Å². The molecule has 0 saturated carbocycles. The monoisotopic (exact) mass is 201 g/mol. The average molecular weight is 201 g/mol. The fraction of sp³-hybridized carbons (Fsp3) is 0.308. The van der Waals surface area contributed by atoms with Crippen molar-refractivity contribution in [2.75, 3.05) is 5.32 Å². The van der Waals surface area contributed by atoms with Crippen LogP contribution in [0.25, 0.3) is 0 Å². The highest BCUT2D eigenvalue weighted by Gasteiger charge is 2.16. The highest BCUT2D eigenvalue weighted by molar-refractivity contribution is 5.93. The number of para-hydroxylation sites is 1. The minimum atomic E-state index is 0.0546. The van der Waals surface area contributed by atoms with E-state index >= 15 is 0 Å². The molecule has 1 aliphatic carbocycles. The number of benzene rings is 1. The smallest absolute Gasteiger partial charge is 0.231 e. The summed E-state index contributed by atoms with van der Waals surface area (Å²) in [6, 6.07) is 9.60. The average Bonchev–Trinajstić information content (AvgIpc) is 2.31. The van der Waals surface area contributed by atoms with Crippen LogP contribution in [-0.2, 0) is 4.79 Å². The Hall–Kier alpha value is -1.57. The van der Waals surface area contributed by atoms with Crippen LogP contribution < -0.4 is 5.32 Å². The second-order valence-electron chi connectivity index (χ2n) is 3.82. The van der Waals surface area contributed by atoms with Gasteiger partial charge in [0.1, 0.15) is 0 Å². The first kappa shape index (κ1) is 9.97. The zero-order valence-corrected chi connectivity index (χ0v) is 8.65. The van der Waals surface area contributed by atoms with Crippen LogP contribution in [0, 0.1) is 5.92 Å². The van der Waals surface area contributed by atoms with E-state index in [1.807, 2.05) is 36.4 Å². The maximum Gasteiger partial charge on any atom is 0.231 e. The van der Waals surface area contributed by atoms with Crippen molar-refractivity contribution in [3.8, 4) is 0 Å². The van der Waals surface area contributed by atoms with Crippen LogP contribution in [0.2, 0.25) is 0 Å². The summed E-state index contributed by atoms with van der Waals surface area (Å²) in [6.07, 6.45) is 7.30. The number of carbonyl (C=O) groups excluding carboxylic acids is 1. The largest absolute Gasteiger partial charge is 0.326 e. The Morgan fingerprint density at radius 1 is 1.27 bits per heavy atom. The number of anilines is 1. The highest BCUT2D eigenvalue weighted by Crippen LogP contribution is 2.18. The van der Waals surface area contributed by atoms with Gasteiger partial charge in [-0.15, -0.1) is 0 Å². The van der Waals surface area contributed by atoms with Gasteiger partial charge in [0.25, 0.3) is 0 Å². The summed E-state index contributed by atoms with van der Waals surface area (Å²) >= 11 is 0. The van der Waals surface area contributed by atoms with E-state index in [1.165, 1.54) is 0 Å². The predicted octanol–water partition coefficient (Wildman–Crippen LogP) is 2.98. The first-order valence-corrected chi connectivity index (χ1v) is 5.39. The molecule has 1 N–H and O–H groups in total. The fourth-order valence-electron chi connectivity index (χ4n) is 1.79. The molecule has 1 aromatic rings. The van der Waals surface area contributed by atoms with Gasteiger partial charge in [-0.05, 0) is 31.4 Å². The topological polar surface area (TPSA) is 29.1 Å². The molecule has 0 bridgehead atoms. The van der Waals surface area contributed by atoms with Crippen molar-refractivity contribution < 1.29 is 4.79 Å². The SMILES string of the molecule is O=C(Nc1ccccc1)C1C=CCCC1. The summed E-state index contributed by atoms with van der Waals surface area (Å²) in [5, 5.41) is 2.92. The number of carbonyl (C=O) groups is 1. The molecule has 0 aromatic heterocycles. The lowest BCUT2D eigenvalue weighted by molar-refractivity contribution is -0.118. The van der Waals surface area contributed by atoms with E-state index in [-0.39, 0.29) is 11.8 Å². The van der Waals surface area contributed by atoms with Gasteiger partial charge in [-0.25, -0.2) is 0 Å². The van der Waals surface area contributed by atoms with Crippen molar-refractivity contribution in [3.05, 3.63) is 42.5 Å². The Balaban J connectivity index is 1.97. The lowest BCUT2D eigenvalue weighted by atomic mass is 9.95. The van der Waals surface area contributed by atoms with Crippen molar-refractivity contribution in [2.45, 2.75) is 19.3 Å². The molecule has 2 heteroatoms. The summed E-state index contributed by atoms with van der Waals surface area (Å²) in [5.74, 6) is 0.163. The van der Waals surface area contributed by atoms with Crippen LogP contribution in [0.1, 0.15) is 19.3 Å². The maximum atomic E-state index is 11.8. The quantitative estimate of drug-likeness (QED) is 0.732. The molecule has 1 aromatic carbocycles. The van der Waals surface area contributed by atoms with E-state index in [9.17, 15) is 4.79 Å². The van der Waals surface area contributed by atoms with Crippen LogP contribution >= 0.6 is 0 Å². The van der Waals surface area contributed by atoms with E-state index < -0.39 is 0 Å². The Morgan fingerprint density at radius 2 is 2.07 bits per heavy atom. The summed E-state index contributed by atoms with van der Waals surface area (Å²) in [6.45, 7) is 0. The Bertz CT molecular complexity index is 356. The van der Waals surface area contributed by atoms with E-state index in [2.05, 4.69) is 11.4 Å². The van der Waals surface area contributed by atoms with Crippen LogP contribution in [-0.4, -0.2) is 5.91 Å². The van der Waals surface area contributed by atoms with Crippen molar-refractivity contribution in [2.24, 2.45) is 5.92 Å². The van der Waals surface area contributed by atoms with Gasteiger partial charge >= 0.3 is 0 Å². The molecule has 1 unspecified atom stereocenters. The van der Waals surface area contributed by atoms with E-state index in [4.69, 9.17) is 0 Å². The molecular weight excluding hydrogens is 186 g/mol. The van der Waals surface area contributed by atoms with E-state index in [0.29, 0.717) is 0 Å². The highest BCUT2D eigenvalue weighted by atomic mass is 16.1. The summed E-state index contributed by atoms with van der Waals surface area (Å²) in [7, 11) is 0. The Kier molecular flexibility index (Phi) is 3.18. The molecule has 1 aliphatic rings. The van der Waals surface area contributed by atoms with E-state index in [1.54, 1.807) is 0 Å². The summed E-state index contributed by atoms with van der Waals surface area (Å²) in [4.78, 5) is 11.8. The standard InChI is InChI=1S/C13H15NO/c15-13(11-7-3-1-4-8-11)14-12-9-5-2-6-10-12/h2-3,5-7,9-11H,1,4,8H2,(H,14,15). The third-order valence-electron chi connectivity index (χ3n) is 2.63. The van der Waals surface area contributed by atoms with Crippen LogP contribution in [0.5, 0.6) is 0 Å². The van der Waals surface area contributed by atoms with Crippen LogP contribution in [0.4, 0.5) is 5.69 Å². The van der Waals surface area contributed by atoms with Gasteiger partial charge in [-0.1, -0.05) is 30.4 Å². The molecule has 2 nitrogen and oxygen atoms in total. The molecule has 1 amide bonds. The fourth-order valence-corrected chi connectivity index (χ4v) is 1.79. The van der Waals surface area contributed by atoms with Gasteiger partial charge in [0.2, 0.25) is 5.91 Å². The van der Waals surface area contributed by atoms with Crippen LogP contribution in [0.15, 0.2) is 42.5 Å². The van der Waals surface area contributed by atoms with Gasteiger partial charge in [-0.2, -0.15) is 0 Å². The van der Waals surface area contributed by atoms with Gasteiger partial charge in [0.15, 0.2) is 0 Å². The summed E-state index contributed by atoms with van der Waals surface area (Å²) < 4.78 is 0. The molecule has 0 fully saturated rings. The Morgan fingerprint density at radius 3 is 2.73 bits per heavy atom. The molecule has 15 heavy (non-hydrogen) atoms. The molecule has 0 radical (unpaired) electrons. The first-order valence-electron chi connectivity index (χ1n) is 5.39. The predicted molar refractivity (Wildman–Crippen MR) is 61.6 cm³/mol. The zero-order chi connectivity index (χ0) is 10.5. The summed E-state index contributed by atoms with van der Waals surface area (Å²) in [5.41, 5.74) is 0.876. The molecule has 0 aliphatic heterocycles. The molecular formula is C13H15NO. The van der Waals surface area contributed by atoms with Gasteiger partial charge < -0.3 is 5.32 Å². The minimum Gasteiger partial charge on any atom is -0.326 e. The number of hydrogen-bond acceptors (Lipinski definition) is 1. The number of nitrogens with one attached hydrogen (secondary N) is 1. The third kappa shape index (κ3) is 2.69. The van der Waals surface area contributed by atoms with Crippen molar-refractivity contribution in [1.29, 1.82) is 0 Å². The van der Waals surface area contributed by atoms with E-state index in [0.717, 1.165) is 24.9 Å². The van der Waals surface area contributed by atoms with Gasteiger partial charge in [0, 0.05) is 5.69 Å². The number of amides is 1. The first-order chi connectivity index (χ1) is 7.36. The molecule has 78 valence electrons. The Labute approximate surface area is 90.0 Å². The van der Waals surface area contributed by atoms with Crippen molar-refractivity contribution in [3.63, 3.8) is 0 Å². The maximum absolute atomic E-state index is 11.8. The normalized spacial score (nSPS) is 19.9. The lowest BCUT2D eigenvalue weighted by Gasteiger charge is -2.15. The lowest BCUT2D eigenvalue weighted by Crippen LogP contribution is -2.22. The van der Waals surface area contributed by atoms with Crippen LogP contribution in [0.3, 0.4) is 0 Å². The molecule has 0 heterocycles. The second kappa shape index (κ2) is 4.78. The number of hydrogen-bond donors (Lipinski definition) is 1. The van der Waals surface area contributed by atoms with Crippen molar-refractivity contribution in [1.82, 2.24) is 0 Å². The van der Waals surface area contributed by atoms with Gasteiger partial charge in [0.05, 0.1) is 5.92 Å². The molecule has 0 saturated heterocycles.